The van der Waals surface area contributed by atoms with Crippen molar-refractivity contribution in [1.82, 2.24) is 0 Å². The van der Waals surface area contributed by atoms with Gasteiger partial charge in [0.05, 0.1) is 16.4 Å². The first-order valence-corrected chi connectivity index (χ1v) is 6.35. The van der Waals surface area contributed by atoms with Crippen molar-refractivity contribution in [2.24, 2.45) is 5.92 Å². The Morgan fingerprint density at radius 2 is 1.94 bits per heavy atom. The van der Waals surface area contributed by atoms with Gasteiger partial charge in [0, 0.05) is 6.04 Å². The van der Waals surface area contributed by atoms with E-state index in [1.165, 1.54) is 25.7 Å². The van der Waals surface area contributed by atoms with Gasteiger partial charge in [-0.15, -0.1) is 0 Å². The molecule has 0 radical (unpaired) electrons. The second kappa shape index (κ2) is 4.96. The quantitative estimate of drug-likeness (QED) is 0.767. The van der Waals surface area contributed by atoms with Gasteiger partial charge in [-0.1, -0.05) is 24.6 Å². The number of nitrogens with two attached hydrogens (primary N) is 1. The molecule has 2 rings (SSSR count). The average Bonchev–Trinajstić information content (AvgIpc) is 2.26. The molecule has 0 amide bonds. The van der Waals surface area contributed by atoms with Gasteiger partial charge in [-0.25, -0.2) is 0 Å². The fourth-order valence-electron chi connectivity index (χ4n) is 2.30. The van der Waals surface area contributed by atoms with Crippen LogP contribution in [-0.2, 0) is 0 Å². The van der Waals surface area contributed by atoms with E-state index in [0.29, 0.717) is 6.04 Å². The van der Waals surface area contributed by atoms with Crippen LogP contribution >= 0.6 is 11.6 Å². The zero-order chi connectivity index (χ0) is 11.5. The lowest BCUT2D eigenvalue weighted by molar-refractivity contribution is 0.361. The second-order valence-electron chi connectivity index (χ2n) is 4.81. The molecular formula is C13H19ClN2. The number of nitrogens with one attached hydrogen (secondary N) is 1. The Kier molecular flexibility index (Phi) is 3.59. The second-order valence-corrected chi connectivity index (χ2v) is 5.21. The van der Waals surface area contributed by atoms with E-state index >= 15 is 0 Å². The lowest BCUT2D eigenvalue weighted by atomic mass is 9.87. The van der Waals surface area contributed by atoms with Crippen molar-refractivity contribution in [1.29, 1.82) is 0 Å². The van der Waals surface area contributed by atoms with E-state index in [1.54, 1.807) is 0 Å². The molecule has 0 unspecified atom stereocenters. The maximum Gasteiger partial charge on any atom is 0.0765 e. The molecular weight excluding hydrogens is 220 g/mol. The molecule has 0 saturated heterocycles. The van der Waals surface area contributed by atoms with Crippen LogP contribution in [0.15, 0.2) is 18.2 Å². The van der Waals surface area contributed by atoms with Crippen molar-refractivity contribution in [3.8, 4) is 0 Å². The fraction of sp³-hybridized carbons (Fsp3) is 0.538. The van der Waals surface area contributed by atoms with Crippen LogP contribution in [0.4, 0.5) is 11.4 Å². The maximum absolute atomic E-state index is 6.13. The van der Waals surface area contributed by atoms with Gasteiger partial charge in [-0.3, -0.25) is 0 Å². The van der Waals surface area contributed by atoms with E-state index in [0.717, 1.165) is 22.3 Å². The Labute approximate surface area is 102 Å². The maximum atomic E-state index is 6.13. The predicted octanol–water partition coefficient (Wildman–Crippen LogP) is 3.91. The highest BCUT2D eigenvalue weighted by Crippen LogP contribution is 2.32. The highest BCUT2D eigenvalue weighted by Gasteiger charge is 2.19. The summed E-state index contributed by atoms with van der Waals surface area (Å²) < 4.78 is 0. The molecule has 0 atom stereocenters. The normalized spacial score (nSPS) is 25.4. The molecule has 1 fully saturated rings. The minimum Gasteiger partial charge on any atom is -0.397 e. The molecule has 0 heterocycles. The van der Waals surface area contributed by atoms with Crippen molar-refractivity contribution < 1.29 is 0 Å². The minimum atomic E-state index is 0.526. The van der Waals surface area contributed by atoms with Crippen LogP contribution in [-0.4, -0.2) is 6.04 Å². The number of hydrogen-bond acceptors (Lipinski definition) is 2. The molecule has 0 aliphatic heterocycles. The number of anilines is 2. The zero-order valence-corrected chi connectivity index (χ0v) is 10.4. The molecule has 88 valence electrons. The van der Waals surface area contributed by atoms with Gasteiger partial charge in [0.15, 0.2) is 0 Å². The number of para-hydroxylation sites is 1. The van der Waals surface area contributed by atoms with Gasteiger partial charge in [-0.2, -0.15) is 0 Å². The van der Waals surface area contributed by atoms with Crippen molar-refractivity contribution in [2.75, 3.05) is 11.1 Å². The third-order valence-electron chi connectivity index (χ3n) is 3.41. The highest BCUT2D eigenvalue weighted by atomic mass is 35.5. The fourth-order valence-corrected chi connectivity index (χ4v) is 2.54. The smallest absolute Gasteiger partial charge is 0.0765 e. The van der Waals surface area contributed by atoms with E-state index in [4.69, 9.17) is 17.3 Å². The van der Waals surface area contributed by atoms with Gasteiger partial charge in [-0.05, 0) is 43.7 Å². The molecule has 1 saturated carbocycles. The summed E-state index contributed by atoms with van der Waals surface area (Å²) in [7, 11) is 0. The zero-order valence-electron chi connectivity index (χ0n) is 9.67. The molecule has 1 aromatic carbocycles. The van der Waals surface area contributed by atoms with Gasteiger partial charge >= 0.3 is 0 Å². The molecule has 3 heteroatoms. The standard InChI is InChI=1S/C13H19ClN2/c1-9-5-7-10(8-6-9)16-13-11(14)3-2-4-12(13)15/h2-4,9-10,16H,5-8,15H2,1H3. The summed E-state index contributed by atoms with van der Waals surface area (Å²) in [5.74, 6) is 0.863. The predicted molar refractivity (Wildman–Crippen MR) is 70.9 cm³/mol. The number of hydrogen-bond donors (Lipinski definition) is 2. The van der Waals surface area contributed by atoms with Crippen LogP contribution < -0.4 is 11.1 Å². The lowest BCUT2D eigenvalue weighted by Crippen LogP contribution is -2.25. The topological polar surface area (TPSA) is 38.0 Å². The van der Waals surface area contributed by atoms with Crippen LogP contribution in [0, 0.1) is 5.92 Å². The molecule has 16 heavy (non-hydrogen) atoms. The summed E-state index contributed by atoms with van der Waals surface area (Å²) in [6.07, 6.45) is 5.02. The van der Waals surface area contributed by atoms with Crippen LogP contribution in [0.2, 0.25) is 5.02 Å². The summed E-state index contributed by atoms with van der Waals surface area (Å²) in [5.41, 5.74) is 7.57. The van der Waals surface area contributed by atoms with Crippen molar-refractivity contribution in [3.63, 3.8) is 0 Å². The molecule has 1 aliphatic carbocycles. The largest absolute Gasteiger partial charge is 0.397 e. The third kappa shape index (κ3) is 2.62. The summed E-state index contributed by atoms with van der Waals surface area (Å²) >= 11 is 6.13. The van der Waals surface area contributed by atoms with Crippen LogP contribution in [0.1, 0.15) is 32.6 Å². The van der Waals surface area contributed by atoms with Crippen LogP contribution in [0.25, 0.3) is 0 Å². The van der Waals surface area contributed by atoms with Crippen LogP contribution in [0.3, 0.4) is 0 Å². The third-order valence-corrected chi connectivity index (χ3v) is 3.73. The lowest BCUT2D eigenvalue weighted by Gasteiger charge is -2.28. The molecule has 3 N–H and O–H groups in total. The summed E-state index contributed by atoms with van der Waals surface area (Å²) in [6.45, 7) is 2.32. The molecule has 1 aromatic rings. The number of halogens is 1. The minimum absolute atomic E-state index is 0.526. The highest BCUT2D eigenvalue weighted by molar-refractivity contribution is 6.33. The van der Waals surface area contributed by atoms with E-state index in [9.17, 15) is 0 Å². The van der Waals surface area contributed by atoms with Gasteiger partial charge in [0.25, 0.3) is 0 Å². The molecule has 0 bridgehead atoms. The Morgan fingerprint density at radius 1 is 1.25 bits per heavy atom. The Balaban J connectivity index is 2.04. The van der Waals surface area contributed by atoms with E-state index < -0.39 is 0 Å². The average molecular weight is 239 g/mol. The van der Waals surface area contributed by atoms with Crippen LogP contribution in [0.5, 0.6) is 0 Å². The van der Waals surface area contributed by atoms with Gasteiger partial charge < -0.3 is 11.1 Å². The summed E-state index contributed by atoms with van der Waals surface area (Å²) in [4.78, 5) is 0. The Hall–Kier alpha value is -0.890. The van der Waals surface area contributed by atoms with E-state index in [-0.39, 0.29) is 0 Å². The van der Waals surface area contributed by atoms with Crippen molar-refractivity contribution in [2.45, 2.75) is 38.6 Å². The SMILES string of the molecule is CC1CCC(Nc2c(N)cccc2Cl)CC1. The van der Waals surface area contributed by atoms with Gasteiger partial charge in [0.1, 0.15) is 0 Å². The molecule has 0 aromatic heterocycles. The first-order valence-electron chi connectivity index (χ1n) is 5.97. The van der Waals surface area contributed by atoms with E-state index in [2.05, 4.69) is 12.2 Å². The molecule has 2 nitrogen and oxygen atoms in total. The summed E-state index contributed by atoms with van der Waals surface area (Å²) in [6, 6.07) is 6.18. The first-order chi connectivity index (χ1) is 7.66. The number of nitrogen functional groups attached to an aromatic ring is 1. The van der Waals surface area contributed by atoms with E-state index in [1.807, 2.05) is 18.2 Å². The molecule has 1 aliphatic rings. The first kappa shape index (κ1) is 11.6. The summed E-state index contributed by atoms with van der Waals surface area (Å²) in [5, 5.41) is 4.20. The van der Waals surface area contributed by atoms with Gasteiger partial charge in [0.2, 0.25) is 0 Å². The number of rotatable bonds is 2. The Bertz CT molecular complexity index is 337. The Morgan fingerprint density at radius 3 is 2.56 bits per heavy atom. The van der Waals surface area contributed by atoms with Crippen molar-refractivity contribution >= 4 is 23.0 Å². The monoisotopic (exact) mass is 238 g/mol. The molecule has 0 spiro atoms. The number of benzene rings is 1. The van der Waals surface area contributed by atoms with Crippen molar-refractivity contribution in [3.05, 3.63) is 23.2 Å².